The molecule has 134 valence electrons. The lowest BCUT2D eigenvalue weighted by molar-refractivity contribution is 0.102. The van der Waals surface area contributed by atoms with Crippen molar-refractivity contribution in [3.05, 3.63) is 84.3 Å². The highest BCUT2D eigenvalue weighted by atomic mass is 16.1. The van der Waals surface area contributed by atoms with E-state index in [1.54, 1.807) is 36.5 Å². The first-order chi connectivity index (χ1) is 13.7. The standard InChI is InChI=1S/C21H14N6O/c22-13-14-4-1-7-16(12-14)25-21-24-11-9-18(27-21)20(28)26-17-8-2-5-15-6-3-10-23-19(15)17/h1-12H,(H,26,28)(H,24,25,27). The van der Waals surface area contributed by atoms with Gasteiger partial charge in [-0.25, -0.2) is 9.97 Å². The number of pyridine rings is 1. The molecule has 2 heterocycles. The molecule has 2 aromatic carbocycles. The Morgan fingerprint density at radius 1 is 0.964 bits per heavy atom. The Morgan fingerprint density at radius 3 is 2.71 bits per heavy atom. The molecule has 7 heteroatoms. The molecule has 28 heavy (non-hydrogen) atoms. The zero-order valence-electron chi connectivity index (χ0n) is 14.6. The molecule has 0 aliphatic rings. The van der Waals surface area contributed by atoms with Gasteiger partial charge >= 0.3 is 0 Å². The minimum atomic E-state index is -0.366. The number of aromatic nitrogens is 3. The summed E-state index contributed by atoms with van der Waals surface area (Å²) in [6.07, 6.45) is 3.18. The summed E-state index contributed by atoms with van der Waals surface area (Å²) in [4.78, 5) is 25.4. The molecule has 2 aromatic heterocycles. The second-order valence-corrected chi connectivity index (χ2v) is 5.92. The van der Waals surface area contributed by atoms with Crippen LogP contribution in [0.15, 0.2) is 73.1 Å². The number of benzene rings is 2. The van der Waals surface area contributed by atoms with E-state index in [2.05, 4.69) is 31.7 Å². The number of anilines is 3. The summed E-state index contributed by atoms with van der Waals surface area (Å²) in [5, 5.41) is 15.8. The Balaban J connectivity index is 1.57. The van der Waals surface area contributed by atoms with Gasteiger partial charge < -0.3 is 10.6 Å². The zero-order valence-corrected chi connectivity index (χ0v) is 14.6. The van der Waals surface area contributed by atoms with Gasteiger partial charge in [-0.1, -0.05) is 24.3 Å². The monoisotopic (exact) mass is 366 g/mol. The summed E-state index contributed by atoms with van der Waals surface area (Å²) in [7, 11) is 0. The Labute approximate surface area is 160 Å². The molecule has 0 saturated heterocycles. The summed E-state index contributed by atoms with van der Waals surface area (Å²) in [5.41, 5.74) is 2.70. The molecule has 4 aromatic rings. The molecule has 0 saturated carbocycles. The van der Waals surface area contributed by atoms with Crippen molar-refractivity contribution in [1.82, 2.24) is 15.0 Å². The Bertz CT molecular complexity index is 1210. The average Bonchev–Trinajstić information content (AvgIpc) is 2.74. The van der Waals surface area contributed by atoms with Gasteiger partial charge in [0.05, 0.1) is 22.8 Å². The van der Waals surface area contributed by atoms with Crippen LogP contribution in [0.5, 0.6) is 0 Å². The Morgan fingerprint density at radius 2 is 1.82 bits per heavy atom. The SMILES string of the molecule is N#Cc1cccc(Nc2nccc(C(=O)Nc3cccc4cccnc34)n2)c1. The number of hydrogen-bond donors (Lipinski definition) is 2. The molecule has 0 atom stereocenters. The first-order valence-electron chi connectivity index (χ1n) is 8.48. The number of hydrogen-bond acceptors (Lipinski definition) is 6. The normalized spacial score (nSPS) is 10.2. The van der Waals surface area contributed by atoms with Crippen LogP contribution in [0, 0.1) is 11.3 Å². The maximum absolute atomic E-state index is 12.7. The van der Waals surface area contributed by atoms with Gasteiger partial charge in [0, 0.05) is 23.5 Å². The van der Waals surface area contributed by atoms with E-state index in [1.807, 2.05) is 24.3 Å². The van der Waals surface area contributed by atoms with Gasteiger partial charge in [-0.3, -0.25) is 9.78 Å². The minimum Gasteiger partial charge on any atom is -0.324 e. The quantitative estimate of drug-likeness (QED) is 0.568. The molecule has 0 spiro atoms. The number of amides is 1. The van der Waals surface area contributed by atoms with Gasteiger partial charge in [0.1, 0.15) is 5.69 Å². The molecule has 7 nitrogen and oxygen atoms in total. The predicted molar refractivity (Wildman–Crippen MR) is 106 cm³/mol. The lowest BCUT2D eigenvalue weighted by Gasteiger charge is -2.09. The van der Waals surface area contributed by atoms with Crippen LogP contribution >= 0.6 is 0 Å². The molecule has 1 amide bonds. The molecule has 0 fully saturated rings. The number of para-hydroxylation sites is 1. The Kier molecular flexibility index (Phi) is 4.59. The van der Waals surface area contributed by atoms with Crippen LogP contribution in [-0.4, -0.2) is 20.9 Å². The minimum absolute atomic E-state index is 0.210. The van der Waals surface area contributed by atoms with E-state index in [1.165, 1.54) is 12.3 Å². The van der Waals surface area contributed by atoms with E-state index in [4.69, 9.17) is 5.26 Å². The number of nitrogens with one attached hydrogen (secondary N) is 2. The van der Waals surface area contributed by atoms with E-state index < -0.39 is 0 Å². The molecule has 2 N–H and O–H groups in total. The lowest BCUT2D eigenvalue weighted by atomic mass is 10.2. The smallest absolute Gasteiger partial charge is 0.274 e. The Hall–Kier alpha value is -4.31. The first-order valence-corrected chi connectivity index (χ1v) is 8.48. The fourth-order valence-electron chi connectivity index (χ4n) is 2.73. The maximum atomic E-state index is 12.7. The van der Waals surface area contributed by atoms with Gasteiger partial charge in [0.25, 0.3) is 5.91 Å². The number of carbonyl (C=O) groups is 1. The average molecular weight is 366 g/mol. The van der Waals surface area contributed by atoms with Crippen molar-refractivity contribution in [2.45, 2.75) is 0 Å². The molecule has 0 radical (unpaired) electrons. The molecular weight excluding hydrogens is 352 g/mol. The van der Waals surface area contributed by atoms with Gasteiger partial charge in [0.15, 0.2) is 0 Å². The highest BCUT2D eigenvalue weighted by Gasteiger charge is 2.12. The summed E-state index contributed by atoms with van der Waals surface area (Å²) < 4.78 is 0. The van der Waals surface area contributed by atoms with E-state index in [-0.39, 0.29) is 17.5 Å². The van der Waals surface area contributed by atoms with Crippen LogP contribution in [0.4, 0.5) is 17.3 Å². The van der Waals surface area contributed by atoms with Crippen molar-refractivity contribution in [1.29, 1.82) is 5.26 Å². The maximum Gasteiger partial charge on any atom is 0.274 e. The van der Waals surface area contributed by atoms with E-state index in [9.17, 15) is 4.79 Å². The van der Waals surface area contributed by atoms with Crippen molar-refractivity contribution < 1.29 is 4.79 Å². The van der Waals surface area contributed by atoms with Gasteiger partial charge in [-0.2, -0.15) is 5.26 Å². The summed E-state index contributed by atoms with van der Waals surface area (Å²) in [5.74, 6) is -0.104. The van der Waals surface area contributed by atoms with Crippen LogP contribution in [0.1, 0.15) is 16.1 Å². The lowest BCUT2D eigenvalue weighted by Crippen LogP contribution is -2.15. The molecule has 4 rings (SSSR count). The number of fused-ring (bicyclic) bond motifs is 1. The molecule has 0 aliphatic carbocycles. The van der Waals surface area contributed by atoms with Gasteiger partial charge in [0.2, 0.25) is 5.95 Å². The third kappa shape index (κ3) is 3.61. The van der Waals surface area contributed by atoms with Crippen LogP contribution in [0.2, 0.25) is 0 Å². The number of nitrogens with zero attached hydrogens (tertiary/aromatic N) is 4. The van der Waals surface area contributed by atoms with E-state index >= 15 is 0 Å². The second-order valence-electron chi connectivity index (χ2n) is 5.92. The first kappa shape index (κ1) is 17.1. The second kappa shape index (κ2) is 7.51. The van der Waals surface area contributed by atoms with Gasteiger partial charge in [-0.15, -0.1) is 0 Å². The summed E-state index contributed by atoms with van der Waals surface area (Å²) in [6.45, 7) is 0. The van der Waals surface area contributed by atoms with Crippen LogP contribution in [0.25, 0.3) is 10.9 Å². The largest absolute Gasteiger partial charge is 0.324 e. The predicted octanol–water partition coefficient (Wildman–Crippen LogP) is 3.89. The van der Waals surface area contributed by atoms with Crippen LogP contribution in [-0.2, 0) is 0 Å². The number of nitriles is 1. The molecule has 0 aliphatic heterocycles. The van der Waals surface area contributed by atoms with Crippen molar-refractivity contribution in [3.8, 4) is 6.07 Å². The van der Waals surface area contributed by atoms with Crippen molar-refractivity contribution in [2.75, 3.05) is 10.6 Å². The summed E-state index contributed by atoms with van der Waals surface area (Å²) >= 11 is 0. The van der Waals surface area contributed by atoms with E-state index in [0.717, 1.165) is 5.39 Å². The summed E-state index contributed by atoms with van der Waals surface area (Å²) in [6, 6.07) is 19.9. The van der Waals surface area contributed by atoms with Crippen LogP contribution < -0.4 is 10.6 Å². The third-order valence-electron chi connectivity index (χ3n) is 4.02. The van der Waals surface area contributed by atoms with Crippen molar-refractivity contribution in [3.63, 3.8) is 0 Å². The fourth-order valence-corrected chi connectivity index (χ4v) is 2.73. The van der Waals surface area contributed by atoms with Crippen molar-refractivity contribution in [2.24, 2.45) is 0 Å². The van der Waals surface area contributed by atoms with Gasteiger partial charge in [-0.05, 0) is 36.4 Å². The molecular formula is C21H14N6O. The zero-order chi connectivity index (χ0) is 19.3. The fraction of sp³-hybridized carbons (Fsp3) is 0. The molecule has 0 unspecified atom stereocenters. The topological polar surface area (TPSA) is 104 Å². The van der Waals surface area contributed by atoms with Crippen molar-refractivity contribution >= 4 is 34.1 Å². The van der Waals surface area contributed by atoms with E-state index in [0.29, 0.717) is 22.5 Å². The molecule has 0 bridgehead atoms. The highest BCUT2D eigenvalue weighted by molar-refractivity contribution is 6.07. The number of carbonyl (C=O) groups excluding carboxylic acids is 1. The number of rotatable bonds is 4. The van der Waals surface area contributed by atoms with Crippen LogP contribution in [0.3, 0.4) is 0 Å². The third-order valence-corrected chi connectivity index (χ3v) is 4.02. The highest BCUT2D eigenvalue weighted by Crippen LogP contribution is 2.21.